The van der Waals surface area contributed by atoms with Crippen molar-refractivity contribution >= 4 is 11.6 Å². The molecule has 0 aliphatic carbocycles. The number of nitrogens with zero attached hydrogens (tertiary/aromatic N) is 2. The summed E-state index contributed by atoms with van der Waals surface area (Å²) in [6.45, 7) is 5.27. The fourth-order valence-electron chi connectivity index (χ4n) is 2.28. The van der Waals surface area contributed by atoms with Crippen LogP contribution in [-0.4, -0.2) is 29.0 Å². The van der Waals surface area contributed by atoms with Crippen molar-refractivity contribution < 1.29 is 14.6 Å². The van der Waals surface area contributed by atoms with Crippen LogP contribution in [0.2, 0.25) is 0 Å². The first-order valence-electron chi connectivity index (χ1n) is 5.77. The minimum absolute atomic E-state index is 0.0280. The Hall–Kier alpha value is -2.21. The molecule has 1 aromatic rings. The number of aryl methyl sites for hydroxylation is 1. The Kier molecular flexibility index (Phi) is 3.35. The number of amides is 1. The number of benzene rings is 1. The van der Waals surface area contributed by atoms with E-state index < -0.39 is 4.92 Å². The van der Waals surface area contributed by atoms with E-state index in [1.807, 2.05) is 0 Å². The minimum atomic E-state index is -0.439. The molecule has 6 nitrogen and oxygen atoms in total. The normalized spacial score (nSPS) is 18.1. The summed E-state index contributed by atoms with van der Waals surface area (Å²) in [7, 11) is 1.41. The van der Waals surface area contributed by atoms with Gasteiger partial charge >= 0.3 is 0 Å². The van der Waals surface area contributed by atoms with Crippen LogP contribution < -0.4 is 0 Å². The van der Waals surface area contributed by atoms with Crippen molar-refractivity contribution in [3.8, 4) is 0 Å². The molecule has 0 saturated heterocycles. The number of carbonyl (C=O) groups excluding carboxylic acids is 1. The smallest absolute Gasteiger partial charge is 0.273 e. The zero-order valence-corrected chi connectivity index (χ0v) is 10.8. The van der Waals surface area contributed by atoms with E-state index in [1.165, 1.54) is 18.2 Å². The van der Waals surface area contributed by atoms with Gasteiger partial charge in [-0.25, -0.2) is 5.06 Å². The van der Waals surface area contributed by atoms with Crippen LogP contribution in [0.15, 0.2) is 24.8 Å². The maximum Gasteiger partial charge on any atom is 0.278 e. The predicted molar refractivity (Wildman–Crippen MR) is 68.7 cm³/mol. The summed E-state index contributed by atoms with van der Waals surface area (Å²) in [5.74, 6) is -0.299. The van der Waals surface area contributed by atoms with Gasteiger partial charge in [0.2, 0.25) is 0 Å². The van der Waals surface area contributed by atoms with Gasteiger partial charge in [0.25, 0.3) is 11.6 Å². The highest BCUT2D eigenvalue weighted by Gasteiger charge is 2.33. The molecular weight excluding hydrogens is 248 g/mol. The van der Waals surface area contributed by atoms with Gasteiger partial charge in [-0.3, -0.25) is 19.7 Å². The van der Waals surface area contributed by atoms with Gasteiger partial charge in [-0.1, -0.05) is 6.08 Å². The number of nitro benzene ring substituents is 1. The first kappa shape index (κ1) is 13.2. The fraction of sp³-hybridized carbons (Fsp3) is 0.308. The van der Waals surface area contributed by atoms with Gasteiger partial charge in [0.1, 0.15) is 0 Å². The summed E-state index contributed by atoms with van der Waals surface area (Å²) < 4.78 is 0. The average Bonchev–Trinajstić information content (AvgIpc) is 2.38. The lowest BCUT2D eigenvalue weighted by molar-refractivity contribution is -0.385. The molecule has 6 heteroatoms. The zero-order chi connectivity index (χ0) is 14.2. The topological polar surface area (TPSA) is 72.7 Å². The van der Waals surface area contributed by atoms with E-state index in [2.05, 4.69) is 6.58 Å². The Bertz CT molecular complexity index is 568. The summed E-state index contributed by atoms with van der Waals surface area (Å²) in [5, 5.41) is 12.2. The van der Waals surface area contributed by atoms with Gasteiger partial charge < -0.3 is 0 Å². The average molecular weight is 262 g/mol. The molecule has 1 atom stereocenters. The number of hydrogen-bond acceptors (Lipinski definition) is 4. The largest absolute Gasteiger partial charge is 0.278 e. The third kappa shape index (κ3) is 2.10. The van der Waals surface area contributed by atoms with Crippen LogP contribution >= 0.6 is 0 Å². The van der Waals surface area contributed by atoms with Crippen molar-refractivity contribution in [2.45, 2.75) is 19.4 Å². The molecule has 0 N–H and O–H groups in total. The molecule has 0 saturated carbocycles. The Morgan fingerprint density at radius 1 is 1.58 bits per heavy atom. The van der Waals surface area contributed by atoms with E-state index in [4.69, 9.17) is 4.84 Å². The fourth-order valence-corrected chi connectivity index (χ4v) is 2.28. The lowest BCUT2D eigenvalue weighted by atomic mass is 9.92. The third-order valence-corrected chi connectivity index (χ3v) is 3.25. The standard InChI is InChI=1S/C13H14N2O4/c1-4-10-6-9-7-12(15(17)18)8(2)5-11(9)13(16)14(10)19-3/h4-5,7,10H,1,6H2,2-3H3. The number of carbonyl (C=O) groups is 1. The molecule has 100 valence electrons. The second kappa shape index (κ2) is 4.81. The maximum atomic E-state index is 12.2. The van der Waals surface area contributed by atoms with Crippen LogP contribution in [0.5, 0.6) is 0 Å². The molecule has 0 spiro atoms. The van der Waals surface area contributed by atoms with Crippen molar-refractivity contribution in [1.29, 1.82) is 0 Å². The molecule has 2 rings (SSSR count). The van der Waals surface area contributed by atoms with Crippen LogP contribution in [0.4, 0.5) is 5.69 Å². The first-order chi connectivity index (χ1) is 8.99. The van der Waals surface area contributed by atoms with Gasteiger partial charge in [-0.2, -0.15) is 0 Å². The van der Waals surface area contributed by atoms with Crippen molar-refractivity contribution in [1.82, 2.24) is 5.06 Å². The molecule has 0 fully saturated rings. The SMILES string of the molecule is C=CC1Cc2cc([N+](=O)[O-])c(C)cc2C(=O)N1OC. The summed E-state index contributed by atoms with van der Waals surface area (Å²) in [6.07, 6.45) is 2.05. The summed E-state index contributed by atoms with van der Waals surface area (Å²) in [4.78, 5) is 27.8. The van der Waals surface area contributed by atoms with E-state index in [0.29, 0.717) is 23.1 Å². The van der Waals surface area contributed by atoms with Gasteiger partial charge in [-0.05, 0) is 18.6 Å². The number of hydrogen-bond donors (Lipinski definition) is 0. The molecule has 1 amide bonds. The predicted octanol–water partition coefficient (Wildman–Crippen LogP) is 2.02. The molecule has 0 bridgehead atoms. The number of hydroxylamine groups is 2. The van der Waals surface area contributed by atoms with Crippen LogP contribution in [0.3, 0.4) is 0 Å². The Morgan fingerprint density at radius 2 is 2.26 bits per heavy atom. The van der Waals surface area contributed by atoms with Crippen molar-refractivity contribution in [3.63, 3.8) is 0 Å². The van der Waals surface area contributed by atoms with Crippen LogP contribution in [-0.2, 0) is 11.3 Å². The Labute approximate surface area is 110 Å². The number of rotatable bonds is 3. The van der Waals surface area contributed by atoms with Crippen molar-refractivity contribution in [2.75, 3.05) is 7.11 Å². The van der Waals surface area contributed by atoms with Crippen molar-refractivity contribution in [2.24, 2.45) is 0 Å². The van der Waals surface area contributed by atoms with Crippen molar-refractivity contribution in [3.05, 3.63) is 51.6 Å². The number of fused-ring (bicyclic) bond motifs is 1. The highest BCUT2D eigenvalue weighted by molar-refractivity contribution is 5.97. The van der Waals surface area contributed by atoms with Gasteiger partial charge in [-0.15, -0.1) is 6.58 Å². The molecule has 1 unspecified atom stereocenters. The molecule has 0 radical (unpaired) electrons. The monoisotopic (exact) mass is 262 g/mol. The second-order valence-corrected chi connectivity index (χ2v) is 4.37. The highest BCUT2D eigenvalue weighted by atomic mass is 16.7. The molecular formula is C13H14N2O4. The van der Waals surface area contributed by atoms with E-state index in [-0.39, 0.29) is 17.6 Å². The van der Waals surface area contributed by atoms with Gasteiger partial charge in [0, 0.05) is 23.6 Å². The Balaban J connectivity index is 2.56. The lowest BCUT2D eigenvalue weighted by Crippen LogP contribution is -2.43. The summed E-state index contributed by atoms with van der Waals surface area (Å²) >= 11 is 0. The van der Waals surface area contributed by atoms with E-state index >= 15 is 0 Å². The third-order valence-electron chi connectivity index (χ3n) is 3.25. The molecule has 0 aromatic heterocycles. The summed E-state index contributed by atoms with van der Waals surface area (Å²) in [5.41, 5.74) is 1.59. The van der Waals surface area contributed by atoms with Crippen LogP contribution in [0.25, 0.3) is 0 Å². The summed E-state index contributed by atoms with van der Waals surface area (Å²) in [6, 6.07) is 2.69. The minimum Gasteiger partial charge on any atom is -0.273 e. The van der Waals surface area contributed by atoms with E-state index in [0.717, 1.165) is 0 Å². The number of nitro groups is 1. The quantitative estimate of drug-likeness (QED) is 0.474. The van der Waals surface area contributed by atoms with Gasteiger partial charge in [0.05, 0.1) is 18.1 Å². The molecule has 1 heterocycles. The molecule has 19 heavy (non-hydrogen) atoms. The highest BCUT2D eigenvalue weighted by Crippen LogP contribution is 2.29. The molecule has 1 aliphatic rings. The molecule has 1 aliphatic heterocycles. The van der Waals surface area contributed by atoms with E-state index in [9.17, 15) is 14.9 Å². The van der Waals surface area contributed by atoms with Crippen LogP contribution in [0, 0.1) is 17.0 Å². The zero-order valence-electron chi connectivity index (χ0n) is 10.8. The van der Waals surface area contributed by atoms with Crippen LogP contribution in [0.1, 0.15) is 21.5 Å². The molecule has 1 aromatic carbocycles. The Morgan fingerprint density at radius 3 is 2.79 bits per heavy atom. The first-order valence-corrected chi connectivity index (χ1v) is 5.77. The van der Waals surface area contributed by atoms with E-state index in [1.54, 1.807) is 19.1 Å². The second-order valence-electron chi connectivity index (χ2n) is 4.37. The maximum absolute atomic E-state index is 12.2. The lowest BCUT2D eigenvalue weighted by Gasteiger charge is -2.32. The van der Waals surface area contributed by atoms with Gasteiger partial charge in [0.15, 0.2) is 0 Å².